The Hall–Kier alpha value is -1.03. The number of rotatable bonds is 1. The number of carbonyl (C=O) groups is 1. The van der Waals surface area contributed by atoms with E-state index in [4.69, 9.17) is 4.74 Å². The molecule has 1 aliphatic rings. The average molecular weight is 326 g/mol. The van der Waals surface area contributed by atoms with Gasteiger partial charge in [-0.3, -0.25) is 0 Å². The SMILES string of the molecule is Cc1cc(Br)cc(C2CN(C(=O)OC(C)(C)C)C2)c1. The van der Waals surface area contributed by atoms with E-state index in [9.17, 15) is 4.79 Å². The molecule has 0 aliphatic carbocycles. The minimum Gasteiger partial charge on any atom is -0.444 e. The molecule has 0 bridgehead atoms. The summed E-state index contributed by atoms with van der Waals surface area (Å²) in [6.07, 6.45) is -0.213. The number of likely N-dealkylation sites (tertiary alicyclic amines) is 1. The first kappa shape index (κ1) is 14.4. The first-order chi connectivity index (χ1) is 8.74. The summed E-state index contributed by atoms with van der Waals surface area (Å²) in [6.45, 7) is 9.23. The highest BCUT2D eigenvalue weighted by Gasteiger charge is 2.34. The highest BCUT2D eigenvalue weighted by atomic mass is 79.9. The molecule has 0 spiro atoms. The Morgan fingerprint density at radius 1 is 1.32 bits per heavy atom. The van der Waals surface area contributed by atoms with Crippen LogP contribution < -0.4 is 0 Å². The summed E-state index contributed by atoms with van der Waals surface area (Å²) in [5.74, 6) is 0.420. The molecule has 0 aromatic heterocycles. The number of amides is 1. The van der Waals surface area contributed by atoms with Crippen molar-refractivity contribution in [3.8, 4) is 0 Å². The summed E-state index contributed by atoms with van der Waals surface area (Å²) >= 11 is 3.51. The van der Waals surface area contributed by atoms with Gasteiger partial charge in [0, 0.05) is 23.5 Å². The molecule has 1 amide bonds. The minimum absolute atomic E-state index is 0.213. The fraction of sp³-hybridized carbons (Fsp3) is 0.533. The number of ether oxygens (including phenoxy) is 1. The zero-order valence-electron chi connectivity index (χ0n) is 11.9. The lowest BCUT2D eigenvalue weighted by molar-refractivity contribution is 0.00819. The molecule has 1 heterocycles. The predicted molar refractivity (Wildman–Crippen MR) is 79.4 cm³/mol. The Balaban J connectivity index is 1.94. The largest absolute Gasteiger partial charge is 0.444 e. The maximum atomic E-state index is 11.8. The summed E-state index contributed by atoms with van der Waals surface area (Å²) in [7, 11) is 0. The van der Waals surface area contributed by atoms with Crippen molar-refractivity contribution < 1.29 is 9.53 Å². The summed E-state index contributed by atoms with van der Waals surface area (Å²) in [5, 5.41) is 0. The third kappa shape index (κ3) is 3.72. The molecule has 0 unspecified atom stereocenters. The molecule has 3 nitrogen and oxygen atoms in total. The zero-order chi connectivity index (χ0) is 14.2. The number of hydrogen-bond acceptors (Lipinski definition) is 2. The van der Waals surface area contributed by atoms with Crippen LogP contribution >= 0.6 is 15.9 Å². The summed E-state index contributed by atoms with van der Waals surface area (Å²) in [6, 6.07) is 6.40. The van der Waals surface area contributed by atoms with Crippen LogP contribution in [0.25, 0.3) is 0 Å². The van der Waals surface area contributed by atoms with Gasteiger partial charge in [-0.1, -0.05) is 22.0 Å². The van der Waals surface area contributed by atoms with Gasteiger partial charge in [-0.2, -0.15) is 0 Å². The molecular weight excluding hydrogens is 306 g/mol. The molecule has 0 atom stereocenters. The van der Waals surface area contributed by atoms with Crippen molar-refractivity contribution in [3.05, 3.63) is 33.8 Å². The van der Waals surface area contributed by atoms with Gasteiger partial charge in [0.25, 0.3) is 0 Å². The van der Waals surface area contributed by atoms with Gasteiger partial charge in [-0.15, -0.1) is 0 Å². The van der Waals surface area contributed by atoms with Crippen LogP contribution in [0.1, 0.15) is 37.8 Å². The van der Waals surface area contributed by atoms with E-state index in [-0.39, 0.29) is 6.09 Å². The highest BCUT2D eigenvalue weighted by Crippen LogP contribution is 2.30. The van der Waals surface area contributed by atoms with Gasteiger partial charge in [0.05, 0.1) is 0 Å². The Morgan fingerprint density at radius 2 is 1.95 bits per heavy atom. The van der Waals surface area contributed by atoms with Crippen LogP contribution in [0.3, 0.4) is 0 Å². The number of nitrogens with zero attached hydrogens (tertiary/aromatic N) is 1. The van der Waals surface area contributed by atoms with Crippen LogP contribution in [-0.4, -0.2) is 29.7 Å². The number of benzene rings is 1. The van der Waals surface area contributed by atoms with Gasteiger partial charge >= 0.3 is 6.09 Å². The van der Waals surface area contributed by atoms with Crippen molar-refractivity contribution in [2.24, 2.45) is 0 Å². The fourth-order valence-corrected chi connectivity index (χ4v) is 2.79. The first-order valence-electron chi connectivity index (χ1n) is 6.49. The number of hydrogen-bond donors (Lipinski definition) is 0. The molecule has 4 heteroatoms. The van der Waals surface area contributed by atoms with Crippen molar-refractivity contribution in [2.45, 2.75) is 39.2 Å². The molecule has 1 aliphatic heterocycles. The van der Waals surface area contributed by atoms with E-state index in [1.807, 2.05) is 20.8 Å². The van der Waals surface area contributed by atoms with Crippen LogP contribution in [0.15, 0.2) is 22.7 Å². The number of carbonyl (C=O) groups excluding carboxylic acids is 1. The van der Waals surface area contributed by atoms with Gasteiger partial charge in [-0.25, -0.2) is 4.79 Å². The van der Waals surface area contributed by atoms with Crippen molar-refractivity contribution in [1.29, 1.82) is 0 Å². The minimum atomic E-state index is -0.422. The molecule has 104 valence electrons. The molecule has 1 aromatic carbocycles. The molecule has 2 rings (SSSR count). The molecule has 1 aromatic rings. The second-order valence-electron chi connectivity index (χ2n) is 6.14. The van der Waals surface area contributed by atoms with E-state index in [1.165, 1.54) is 11.1 Å². The van der Waals surface area contributed by atoms with E-state index in [0.717, 1.165) is 17.6 Å². The van der Waals surface area contributed by atoms with Crippen molar-refractivity contribution in [2.75, 3.05) is 13.1 Å². The summed E-state index contributed by atoms with van der Waals surface area (Å²) in [5.41, 5.74) is 2.10. The van der Waals surface area contributed by atoms with E-state index >= 15 is 0 Å². The molecular formula is C15H20BrNO2. The summed E-state index contributed by atoms with van der Waals surface area (Å²) in [4.78, 5) is 13.6. The van der Waals surface area contributed by atoms with Crippen molar-refractivity contribution >= 4 is 22.0 Å². The third-order valence-electron chi connectivity index (χ3n) is 3.07. The maximum Gasteiger partial charge on any atom is 0.410 e. The summed E-state index contributed by atoms with van der Waals surface area (Å²) < 4.78 is 6.45. The predicted octanol–water partition coefficient (Wildman–Crippen LogP) is 4.09. The Bertz CT molecular complexity index is 467. The quantitative estimate of drug-likeness (QED) is 0.778. The lowest BCUT2D eigenvalue weighted by atomic mass is 9.91. The van der Waals surface area contributed by atoms with Crippen LogP contribution in [0.2, 0.25) is 0 Å². The van der Waals surface area contributed by atoms with Gasteiger partial charge in [0.15, 0.2) is 0 Å². The zero-order valence-corrected chi connectivity index (χ0v) is 13.5. The molecule has 19 heavy (non-hydrogen) atoms. The van der Waals surface area contributed by atoms with Crippen molar-refractivity contribution in [1.82, 2.24) is 4.90 Å². The van der Waals surface area contributed by atoms with Gasteiger partial charge in [-0.05, 0) is 51.0 Å². The Labute approximate surface area is 123 Å². The average Bonchev–Trinajstić information content (AvgIpc) is 2.09. The van der Waals surface area contributed by atoms with Crippen molar-refractivity contribution in [3.63, 3.8) is 0 Å². The Kier molecular flexibility index (Phi) is 3.90. The lowest BCUT2D eigenvalue weighted by Gasteiger charge is -2.40. The normalized spacial score (nSPS) is 16.2. The maximum absolute atomic E-state index is 11.8. The second kappa shape index (κ2) is 5.16. The van der Waals surface area contributed by atoms with Gasteiger partial charge in [0.2, 0.25) is 0 Å². The van der Waals surface area contributed by atoms with Crippen LogP contribution in [0.4, 0.5) is 4.79 Å². The molecule has 0 saturated carbocycles. The van der Waals surface area contributed by atoms with Gasteiger partial charge < -0.3 is 9.64 Å². The standard InChI is InChI=1S/C15H20BrNO2/c1-10-5-11(7-13(16)6-10)12-8-17(9-12)14(18)19-15(2,3)4/h5-7,12H,8-9H2,1-4H3. The number of halogens is 1. The van der Waals surface area contributed by atoms with Crippen LogP contribution in [-0.2, 0) is 4.74 Å². The number of aryl methyl sites for hydroxylation is 1. The van der Waals surface area contributed by atoms with E-state index < -0.39 is 5.60 Å². The molecule has 0 N–H and O–H groups in total. The smallest absolute Gasteiger partial charge is 0.410 e. The van der Waals surface area contributed by atoms with Crippen LogP contribution in [0.5, 0.6) is 0 Å². The topological polar surface area (TPSA) is 29.5 Å². The van der Waals surface area contributed by atoms with Crippen LogP contribution in [0, 0.1) is 6.92 Å². The third-order valence-corrected chi connectivity index (χ3v) is 3.53. The molecule has 1 fully saturated rings. The second-order valence-corrected chi connectivity index (χ2v) is 7.06. The Morgan fingerprint density at radius 3 is 2.47 bits per heavy atom. The lowest BCUT2D eigenvalue weighted by Crippen LogP contribution is -2.50. The van der Waals surface area contributed by atoms with E-state index in [0.29, 0.717) is 5.92 Å². The van der Waals surface area contributed by atoms with E-state index in [2.05, 4.69) is 41.1 Å². The molecule has 0 radical (unpaired) electrons. The highest BCUT2D eigenvalue weighted by molar-refractivity contribution is 9.10. The molecule has 1 saturated heterocycles. The fourth-order valence-electron chi connectivity index (χ4n) is 2.17. The van der Waals surface area contributed by atoms with Gasteiger partial charge in [0.1, 0.15) is 5.60 Å². The monoisotopic (exact) mass is 325 g/mol. The van der Waals surface area contributed by atoms with E-state index in [1.54, 1.807) is 4.90 Å². The first-order valence-corrected chi connectivity index (χ1v) is 7.29.